The number of carbonyl (C=O) groups excluding carboxylic acids is 1. The molecule has 6 nitrogen and oxygen atoms in total. The van der Waals surface area contributed by atoms with Crippen molar-refractivity contribution in [3.63, 3.8) is 0 Å². The summed E-state index contributed by atoms with van der Waals surface area (Å²) in [6, 6.07) is 5.83. The van der Waals surface area contributed by atoms with E-state index in [1.165, 1.54) is 7.11 Å². The first-order chi connectivity index (χ1) is 9.02. The Morgan fingerprint density at radius 1 is 1.42 bits per heavy atom. The van der Waals surface area contributed by atoms with Crippen LogP contribution in [0.5, 0.6) is 5.75 Å². The van der Waals surface area contributed by atoms with Gasteiger partial charge in [0.25, 0.3) is 0 Å². The Kier molecular flexibility index (Phi) is 3.41. The summed E-state index contributed by atoms with van der Waals surface area (Å²) in [5.74, 6) is -0.467. The first kappa shape index (κ1) is 12.9. The standard InChI is InChI=1S/C13H14N2O4/c1-7-10(12(16)17)11(15-13(18)14-7)8-4-3-5-9(6-8)19-2/h3-6,11H,1-2H3,(H,16,17)(H2,14,15,18). The molecule has 1 aromatic rings. The fraction of sp³-hybridized carbons (Fsp3) is 0.231. The second-order valence-electron chi connectivity index (χ2n) is 4.15. The molecule has 0 aromatic heterocycles. The number of amides is 2. The van der Waals surface area contributed by atoms with Crippen molar-refractivity contribution in [1.29, 1.82) is 0 Å². The van der Waals surface area contributed by atoms with E-state index in [9.17, 15) is 14.7 Å². The van der Waals surface area contributed by atoms with Crippen LogP contribution in [0.2, 0.25) is 0 Å². The van der Waals surface area contributed by atoms with Crippen LogP contribution in [0, 0.1) is 0 Å². The summed E-state index contributed by atoms with van der Waals surface area (Å²) in [6.07, 6.45) is 0. The van der Waals surface area contributed by atoms with E-state index in [1.54, 1.807) is 31.2 Å². The van der Waals surface area contributed by atoms with Gasteiger partial charge < -0.3 is 20.5 Å². The summed E-state index contributed by atoms with van der Waals surface area (Å²) in [5, 5.41) is 14.3. The van der Waals surface area contributed by atoms with Crippen LogP contribution >= 0.6 is 0 Å². The maximum atomic E-state index is 11.5. The van der Waals surface area contributed by atoms with Gasteiger partial charge in [0.05, 0.1) is 18.7 Å². The molecule has 0 saturated carbocycles. The number of aliphatic carboxylic acids is 1. The van der Waals surface area contributed by atoms with Crippen molar-refractivity contribution >= 4 is 12.0 Å². The smallest absolute Gasteiger partial charge is 0.335 e. The van der Waals surface area contributed by atoms with Crippen molar-refractivity contribution in [2.75, 3.05) is 7.11 Å². The number of hydrogen-bond acceptors (Lipinski definition) is 3. The van der Waals surface area contributed by atoms with Crippen LogP contribution in [0.1, 0.15) is 18.5 Å². The minimum absolute atomic E-state index is 0.118. The summed E-state index contributed by atoms with van der Waals surface area (Å²) in [5.41, 5.74) is 1.11. The van der Waals surface area contributed by atoms with Gasteiger partial charge in [-0.05, 0) is 24.6 Å². The first-order valence-corrected chi connectivity index (χ1v) is 5.68. The van der Waals surface area contributed by atoms with Crippen LogP contribution in [0.15, 0.2) is 35.5 Å². The number of hydrogen-bond donors (Lipinski definition) is 3. The first-order valence-electron chi connectivity index (χ1n) is 5.68. The van der Waals surface area contributed by atoms with Crippen LogP contribution in [0.4, 0.5) is 4.79 Å². The average Bonchev–Trinajstić information content (AvgIpc) is 2.37. The van der Waals surface area contributed by atoms with Gasteiger partial charge in [-0.15, -0.1) is 0 Å². The van der Waals surface area contributed by atoms with E-state index >= 15 is 0 Å². The maximum Gasteiger partial charge on any atom is 0.335 e. The maximum absolute atomic E-state index is 11.5. The second kappa shape index (κ2) is 5.01. The Labute approximate surface area is 110 Å². The average molecular weight is 262 g/mol. The van der Waals surface area contributed by atoms with Gasteiger partial charge in [-0.25, -0.2) is 9.59 Å². The molecule has 100 valence electrons. The van der Waals surface area contributed by atoms with Gasteiger partial charge in [0.2, 0.25) is 0 Å². The van der Waals surface area contributed by atoms with Crippen molar-refractivity contribution in [3.05, 3.63) is 41.1 Å². The van der Waals surface area contributed by atoms with E-state index in [0.29, 0.717) is 17.0 Å². The lowest BCUT2D eigenvalue weighted by Gasteiger charge is -2.27. The van der Waals surface area contributed by atoms with E-state index in [2.05, 4.69) is 10.6 Å². The molecule has 0 bridgehead atoms. The molecule has 0 saturated heterocycles. The highest BCUT2D eigenvalue weighted by molar-refractivity contribution is 5.93. The number of carboxylic acid groups (broad SMARTS) is 1. The molecule has 1 heterocycles. The molecule has 3 N–H and O–H groups in total. The fourth-order valence-corrected chi connectivity index (χ4v) is 2.05. The number of allylic oxidation sites excluding steroid dienone is 1. The van der Waals surface area contributed by atoms with Crippen LogP contribution in [0.25, 0.3) is 0 Å². The van der Waals surface area contributed by atoms with Gasteiger partial charge in [-0.1, -0.05) is 12.1 Å². The normalized spacial score (nSPS) is 18.6. The molecule has 1 aliphatic heterocycles. The number of methoxy groups -OCH3 is 1. The SMILES string of the molecule is COc1cccc(C2NC(=O)NC(C)=C2C(=O)O)c1. The molecule has 2 rings (SSSR count). The molecule has 0 aliphatic carbocycles. The molecule has 2 amide bonds. The fourth-order valence-electron chi connectivity index (χ4n) is 2.05. The summed E-state index contributed by atoms with van der Waals surface area (Å²) < 4.78 is 5.10. The van der Waals surface area contributed by atoms with E-state index in [4.69, 9.17) is 4.74 Å². The quantitative estimate of drug-likeness (QED) is 0.768. The van der Waals surface area contributed by atoms with E-state index < -0.39 is 18.0 Å². The van der Waals surface area contributed by atoms with Crippen molar-refractivity contribution in [2.45, 2.75) is 13.0 Å². The van der Waals surface area contributed by atoms with E-state index in [0.717, 1.165) is 0 Å². The molecular formula is C13H14N2O4. The Hall–Kier alpha value is -2.50. The topological polar surface area (TPSA) is 87.7 Å². The third-order valence-electron chi connectivity index (χ3n) is 2.93. The van der Waals surface area contributed by atoms with Gasteiger partial charge >= 0.3 is 12.0 Å². The molecule has 1 aromatic carbocycles. The number of nitrogens with one attached hydrogen (secondary N) is 2. The second-order valence-corrected chi connectivity index (χ2v) is 4.15. The van der Waals surface area contributed by atoms with Gasteiger partial charge in [0.1, 0.15) is 5.75 Å². The number of carbonyl (C=O) groups is 2. The highest BCUT2D eigenvalue weighted by atomic mass is 16.5. The third-order valence-corrected chi connectivity index (χ3v) is 2.93. The van der Waals surface area contributed by atoms with Gasteiger partial charge in [-0.3, -0.25) is 0 Å². The summed E-state index contributed by atoms with van der Waals surface area (Å²) in [7, 11) is 1.53. The highest BCUT2D eigenvalue weighted by Gasteiger charge is 2.31. The molecule has 1 unspecified atom stereocenters. The van der Waals surface area contributed by atoms with Gasteiger partial charge in [0.15, 0.2) is 0 Å². The van der Waals surface area contributed by atoms with Crippen LogP contribution in [-0.2, 0) is 4.79 Å². The monoisotopic (exact) mass is 262 g/mol. The zero-order valence-corrected chi connectivity index (χ0v) is 10.6. The van der Waals surface area contributed by atoms with Crippen molar-refractivity contribution in [2.24, 2.45) is 0 Å². The molecule has 0 radical (unpaired) electrons. The number of benzene rings is 1. The molecule has 1 atom stereocenters. The molecule has 1 aliphatic rings. The number of urea groups is 1. The lowest BCUT2D eigenvalue weighted by molar-refractivity contribution is -0.133. The predicted octanol–water partition coefficient (Wildman–Crippen LogP) is 1.41. The predicted molar refractivity (Wildman–Crippen MR) is 67.7 cm³/mol. The largest absolute Gasteiger partial charge is 0.497 e. The summed E-state index contributed by atoms with van der Waals surface area (Å²) in [4.78, 5) is 22.8. The molecule has 0 spiro atoms. The number of carboxylic acids is 1. The summed E-state index contributed by atoms with van der Waals surface area (Å²) in [6.45, 7) is 1.56. The zero-order valence-electron chi connectivity index (χ0n) is 10.6. The number of ether oxygens (including phenoxy) is 1. The third kappa shape index (κ3) is 2.52. The minimum atomic E-state index is -1.07. The molecule has 6 heteroatoms. The van der Waals surface area contributed by atoms with Crippen LogP contribution < -0.4 is 15.4 Å². The number of rotatable bonds is 3. The summed E-state index contributed by atoms with van der Waals surface area (Å²) >= 11 is 0. The van der Waals surface area contributed by atoms with E-state index in [1.807, 2.05) is 0 Å². The Balaban J connectivity index is 2.48. The van der Waals surface area contributed by atoms with Gasteiger partial charge in [0, 0.05) is 5.70 Å². The van der Waals surface area contributed by atoms with Crippen LogP contribution in [-0.4, -0.2) is 24.2 Å². The molecular weight excluding hydrogens is 248 g/mol. The molecule has 0 fully saturated rings. The zero-order chi connectivity index (χ0) is 14.0. The lowest BCUT2D eigenvalue weighted by Crippen LogP contribution is -2.45. The van der Waals surface area contributed by atoms with Crippen molar-refractivity contribution in [3.8, 4) is 5.75 Å². The Morgan fingerprint density at radius 2 is 2.16 bits per heavy atom. The Morgan fingerprint density at radius 3 is 2.79 bits per heavy atom. The highest BCUT2D eigenvalue weighted by Crippen LogP contribution is 2.28. The van der Waals surface area contributed by atoms with Gasteiger partial charge in [-0.2, -0.15) is 0 Å². The van der Waals surface area contributed by atoms with Crippen molar-refractivity contribution < 1.29 is 19.4 Å². The molecule has 19 heavy (non-hydrogen) atoms. The Bertz CT molecular complexity index is 566. The van der Waals surface area contributed by atoms with E-state index in [-0.39, 0.29) is 5.57 Å². The van der Waals surface area contributed by atoms with Crippen molar-refractivity contribution in [1.82, 2.24) is 10.6 Å². The lowest BCUT2D eigenvalue weighted by atomic mass is 9.95. The van der Waals surface area contributed by atoms with Crippen LogP contribution in [0.3, 0.4) is 0 Å². The minimum Gasteiger partial charge on any atom is -0.497 e.